The largest absolute Gasteiger partial charge is 0.326 e. The van der Waals surface area contributed by atoms with Crippen LogP contribution in [0.3, 0.4) is 0 Å². The molecule has 3 rings (SSSR count). The minimum absolute atomic E-state index is 0.0472. The van der Waals surface area contributed by atoms with Crippen molar-refractivity contribution >= 4 is 23.2 Å². The molecule has 1 amide bonds. The van der Waals surface area contributed by atoms with Gasteiger partial charge in [-0.25, -0.2) is 9.97 Å². The van der Waals surface area contributed by atoms with Crippen molar-refractivity contribution in [2.75, 3.05) is 5.32 Å². The Hall–Kier alpha value is -2.72. The number of hydrogen-bond donors (Lipinski definition) is 1. The summed E-state index contributed by atoms with van der Waals surface area (Å²) >= 11 is 5.79. The lowest BCUT2D eigenvalue weighted by molar-refractivity contribution is -0.115. The molecule has 1 N–H and O–H groups in total. The molecule has 0 saturated heterocycles. The van der Waals surface area contributed by atoms with Crippen molar-refractivity contribution in [2.45, 2.75) is 20.3 Å². The molecule has 0 fully saturated rings. The molecule has 0 bridgehead atoms. The molecule has 4 nitrogen and oxygen atoms in total. The summed E-state index contributed by atoms with van der Waals surface area (Å²) in [5.41, 5.74) is 3.38. The number of nitrogens with zero attached hydrogens (tertiary/aromatic N) is 2. The molecular weight excluding hydrogens is 334 g/mol. The summed E-state index contributed by atoms with van der Waals surface area (Å²) in [6.45, 7) is 4.00. The highest BCUT2D eigenvalue weighted by Crippen LogP contribution is 2.20. The molecule has 0 aliphatic heterocycles. The second-order valence-corrected chi connectivity index (χ2v) is 5.34. The third kappa shape index (κ3) is 5.69. The van der Waals surface area contributed by atoms with Crippen molar-refractivity contribution in [3.05, 3.63) is 77.7 Å². The Kier molecular flexibility index (Phi) is 7.11. The summed E-state index contributed by atoms with van der Waals surface area (Å²) < 4.78 is 0. The molecule has 0 radical (unpaired) electrons. The van der Waals surface area contributed by atoms with Crippen LogP contribution >= 0.6 is 11.6 Å². The van der Waals surface area contributed by atoms with Crippen molar-refractivity contribution in [3.8, 4) is 11.3 Å². The first-order valence-electron chi connectivity index (χ1n) is 8.13. The second-order valence-electron chi connectivity index (χ2n) is 5.00. The molecule has 0 saturated carbocycles. The molecular formula is C20H20ClN3O. The first-order valence-corrected chi connectivity index (χ1v) is 8.51. The van der Waals surface area contributed by atoms with Gasteiger partial charge in [0.15, 0.2) is 0 Å². The molecule has 0 unspecified atom stereocenters. The summed E-state index contributed by atoms with van der Waals surface area (Å²) in [4.78, 5) is 20.0. The zero-order valence-corrected chi connectivity index (χ0v) is 15.0. The molecule has 0 atom stereocenters. The Morgan fingerprint density at radius 2 is 1.68 bits per heavy atom. The number of amides is 1. The van der Waals surface area contributed by atoms with E-state index in [2.05, 4.69) is 15.3 Å². The molecule has 0 aliphatic rings. The number of rotatable bonds is 4. The number of carbonyl (C=O) groups excluding carboxylic acids is 1. The molecule has 1 aromatic heterocycles. The van der Waals surface area contributed by atoms with Crippen LogP contribution in [-0.4, -0.2) is 15.9 Å². The van der Waals surface area contributed by atoms with Crippen molar-refractivity contribution in [3.63, 3.8) is 0 Å². The summed E-state index contributed by atoms with van der Waals surface area (Å²) in [7, 11) is 0. The summed E-state index contributed by atoms with van der Waals surface area (Å²) in [5, 5.41) is 3.09. The molecule has 0 aliphatic carbocycles. The van der Waals surface area contributed by atoms with Crippen LogP contribution in [0.15, 0.2) is 66.9 Å². The highest BCUT2D eigenvalue weighted by atomic mass is 35.5. The van der Waals surface area contributed by atoms with Gasteiger partial charge in [-0.2, -0.15) is 0 Å². The van der Waals surface area contributed by atoms with Crippen molar-refractivity contribution in [2.24, 2.45) is 0 Å². The number of anilines is 1. The van der Waals surface area contributed by atoms with E-state index in [4.69, 9.17) is 11.6 Å². The van der Waals surface area contributed by atoms with E-state index in [-0.39, 0.29) is 11.2 Å². The van der Waals surface area contributed by atoms with Gasteiger partial charge >= 0.3 is 0 Å². The average molecular weight is 354 g/mol. The zero-order valence-electron chi connectivity index (χ0n) is 14.2. The Morgan fingerprint density at radius 1 is 1.00 bits per heavy atom. The molecule has 5 heteroatoms. The Labute approximate surface area is 152 Å². The monoisotopic (exact) mass is 353 g/mol. The maximum absolute atomic E-state index is 12.0. The third-order valence-electron chi connectivity index (χ3n) is 3.30. The first kappa shape index (κ1) is 18.6. The van der Waals surface area contributed by atoms with Crippen LogP contribution in [0.2, 0.25) is 5.28 Å². The van der Waals surface area contributed by atoms with Gasteiger partial charge in [0.25, 0.3) is 0 Å². The van der Waals surface area contributed by atoms with Crippen LogP contribution < -0.4 is 5.32 Å². The van der Waals surface area contributed by atoms with Crippen LogP contribution in [0.5, 0.6) is 0 Å². The number of carbonyl (C=O) groups is 1. The topological polar surface area (TPSA) is 54.9 Å². The van der Waals surface area contributed by atoms with Crippen LogP contribution in [-0.2, 0) is 11.2 Å². The lowest BCUT2D eigenvalue weighted by Crippen LogP contribution is -2.14. The molecule has 25 heavy (non-hydrogen) atoms. The molecule has 2 aromatic carbocycles. The van der Waals surface area contributed by atoms with Crippen molar-refractivity contribution < 1.29 is 4.79 Å². The van der Waals surface area contributed by atoms with E-state index in [0.717, 1.165) is 22.5 Å². The quantitative estimate of drug-likeness (QED) is 0.671. The highest BCUT2D eigenvalue weighted by molar-refractivity contribution is 6.28. The predicted octanol–water partition coefficient (Wildman–Crippen LogP) is 5.00. The maximum atomic E-state index is 12.0. The van der Waals surface area contributed by atoms with E-state index in [9.17, 15) is 4.79 Å². The number of halogens is 1. The molecule has 3 aromatic rings. The van der Waals surface area contributed by atoms with Gasteiger partial charge in [-0.3, -0.25) is 4.79 Å². The van der Waals surface area contributed by atoms with Gasteiger partial charge < -0.3 is 5.32 Å². The minimum atomic E-state index is -0.0472. The summed E-state index contributed by atoms with van der Waals surface area (Å²) in [6, 6.07) is 18.9. The minimum Gasteiger partial charge on any atom is -0.326 e. The van der Waals surface area contributed by atoms with Crippen molar-refractivity contribution in [1.29, 1.82) is 0 Å². The second kappa shape index (κ2) is 9.55. The number of aromatic nitrogens is 2. The fraction of sp³-hybridized carbons (Fsp3) is 0.150. The molecule has 1 heterocycles. The van der Waals surface area contributed by atoms with Crippen LogP contribution in [0.1, 0.15) is 19.4 Å². The van der Waals surface area contributed by atoms with E-state index >= 15 is 0 Å². The SMILES string of the molecule is CC.O=C(Cc1ccccc1)Nc1ccc(-c2ccnc(Cl)n2)cc1. The lowest BCUT2D eigenvalue weighted by atomic mass is 10.1. The van der Waals surface area contributed by atoms with E-state index < -0.39 is 0 Å². The lowest BCUT2D eigenvalue weighted by Gasteiger charge is -2.07. The van der Waals surface area contributed by atoms with Crippen LogP contribution in [0, 0.1) is 0 Å². The first-order chi connectivity index (χ1) is 12.2. The summed E-state index contributed by atoms with van der Waals surface area (Å²) in [5.74, 6) is -0.0472. The van der Waals surface area contributed by atoms with E-state index in [1.165, 1.54) is 0 Å². The number of benzene rings is 2. The predicted molar refractivity (Wildman–Crippen MR) is 103 cm³/mol. The van der Waals surface area contributed by atoms with E-state index in [1.54, 1.807) is 12.3 Å². The van der Waals surface area contributed by atoms with E-state index in [1.807, 2.05) is 68.4 Å². The standard InChI is InChI=1S/C18H14ClN3O.C2H6/c19-18-20-11-10-16(22-18)14-6-8-15(9-7-14)21-17(23)12-13-4-2-1-3-5-13;1-2/h1-11H,12H2,(H,21,23);1-2H3. The summed E-state index contributed by atoms with van der Waals surface area (Å²) in [6.07, 6.45) is 1.96. The van der Waals surface area contributed by atoms with Gasteiger partial charge in [-0.1, -0.05) is 56.3 Å². The smallest absolute Gasteiger partial charge is 0.228 e. The zero-order chi connectivity index (χ0) is 18.1. The van der Waals surface area contributed by atoms with E-state index in [0.29, 0.717) is 6.42 Å². The highest BCUT2D eigenvalue weighted by Gasteiger charge is 2.05. The molecule has 128 valence electrons. The maximum Gasteiger partial charge on any atom is 0.228 e. The Balaban J connectivity index is 0.00000109. The fourth-order valence-electron chi connectivity index (χ4n) is 2.21. The van der Waals surface area contributed by atoms with Gasteiger partial charge in [0.2, 0.25) is 11.2 Å². The van der Waals surface area contributed by atoms with Gasteiger partial charge in [-0.15, -0.1) is 0 Å². The third-order valence-corrected chi connectivity index (χ3v) is 3.48. The Morgan fingerprint density at radius 3 is 2.32 bits per heavy atom. The number of hydrogen-bond acceptors (Lipinski definition) is 3. The average Bonchev–Trinajstić information content (AvgIpc) is 2.65. The van der Waals surface area contributed by atoms with Gasteiger partial charge in [0.05, 0.1) is 12.1 Å². The van der Waals surface area contributed by atoms with Crippen LogP contribution in [0.25, 0.3) is 11.3 Å². The molecule has 0 spiro atoms. The normalized spacial score (nSPS) is 9.72. The van der Waals surface area contributed by atoms with Crippen molar-refractivity contribution in [1.82, 2.24) is 9.97 Å². The Bertz CT molecular complexity index is 805. The van der Waals surface area contributed by atoms with Gasteiger partial charge in [-0.05, 0) is 35.4 Å². The fourth-order valence-corrected chi connectivity index (χ4v) is 2.35. The number of nitrogens with one attached hydrogen (secondary N) is 1. The van der Waals surface area contributed by atoms with Crippen LogP contribution in [0.4, 0.5) is 5.69 Å². The van der Waals surface area contributed by atoms with Gasteiger partial charge in [0, 0.05) is 17.4 Å². The van der Waals surface area contributed by atoms with Gasteiger partial charge in [0.1, 0.15) is 0 Å².